The molecule has 0 N–H and O–H groups in total. The van der Waals surface area contributed by atoms with E-state index in [9.17, 15) is 9.59 Å². The fourth-order valence-electron chi connectivity index (χ4n) is 1.45. The molecule has 1 aromatic rings. The molecule has 0 aliphatic heterocycles. The lowest BCUT2D eigenvalue weighted by Crippen LogP contribution is -2.18. The Labute approximate surface area is 90.6 Å². The molecule has 72 valence electrons. The molecule has 15 heavy (non-hydrogen) atoms. The van der Waals surface area contributed by atoms with Gasteiger partial charge in [-0.1, -0.05) is 35.9 Å². The lowest BCUT2D eigenvalue weighted by molar-refractivity contribution is 0.0984. The molecule has 2 rings (SSSR count). The monoisotopic (exact) mass is 217 g/mol. The Bertz CT molecular complexity index is 552. The van der Waals surface area contributed by atoms with Gasteiger partial charge in [0.25, 0.3) is 0 Å². The third-order valence-electron chi connectivity index (χ3n) is 2.17. The van der Waals surface area contributed by atoms with E-state index in [1.165, 1.54) is 12.1 Å². The van der Waals surface area contributed by atoms with Gasteiger partial charge in [0.05, 0.1) is 0 Å². The molecule has 1 aliphatic rings. The predicted octanol–water partition coefficient (Wildman–Crippen LogP) is 2.08. The molecule has 0 bridgehead atoms. The van der Waals surface area contributed by atoms with Crippen LogP contribution >= 0.6 is 11.6 Å². The average molecular weight is 218 g/mol. The van der Waals surface area contributed by atoms with E-state index in [2.05, 4.69) is 0 Å². The smallest absolute Gasteiger partial charge is 0.206 e. The summed E-state index contributed by atoms with van der Waals surface area (Å²) in [6, 6.07) is 7.96. The zero-order valence-corrected chi connectivity index (χ0v) is 8.21. The number of fused-ring (bicyclic) bond motifs is 1. The Morgan fingerprint density at radius 3 is 2.13 bits per heavy atom. The van der Waals surface area contributed by atoms with Crippen LogP contribution in [0.5, 0.6) is 0 Å². The lowest BCUT2D eigenvalue weighted by Gasteiger charge is -2.12. The van der Waals surface area contributed by atoms with E-state index in [1.807, 2.05) is 0 Å². The number of nitriles is 1. The molecule has 0 atom stereocenters. The van der Waals surface area contributed by atoms with Crippen molar-refractivity contribution in [2.24, 2.45) is 0 Å². The van der Waals surface area contributed by atoms with Crippen LogP contribution in [0, 0.1) is 11.3 Å². The average Bonchev–Trinajstić information content (AvgIpc) is 2.27. The van der Waals surface area contributed by atoms with Crippen LogP contribution in [0.1, 0.15) is 20.7 Å². The summed E-state index contributed by atoms with van der Waals surface area (Å²) in [7, 11) is 0. The second-order valence-corrected chi connectivity index (χ2v) is 3.38. The maximum atomic E-state index is 11.7. The summed E-state index contributed by atoms with van der Waals surface area (Å²) in [5.41, 5.74) is 0.218. The van der Waals surface area contributed by atoms with Crippen LogP contribution < -0.4 is 0 Å². The van der Waals surface area contributed by atoms with Gasteiger partial charge in [0.1, 0.15) is 16.7 Å². The molecule has 0 spiro atoms. The quantitative estimate of drug-likeness (QED) is 0.669. The van der Waals surface area contributed by atoms with Gasteiger partial charge >= 0.3 is 0 Å². The van der Waals surface area contributed by atoms with Gasteiger partial charge in [-0.05, 0) is 0 Å². The standard InChI is InChI=1S/C11H4ClNO2/c12-9-8(5-13)10(14)6-3-1-2-4-7(6)11(9)15/h1-4H. The van der Waals surface area contributed by atoms with Gasteiger partial charge < -0.3 is 0 Å². The van der Waals surface area contributed by atoms with Crippen LogP contribution in [0.2, 0.25) is 0 Å². The Hall–Kier alpha value is -1.92. The molecule has 4 heteroatoms. The van der Waals surface area contributed by atoms with E-state index in [4.69, 9.17) is 16.9 Å². The summed E-state index contributed by atoms with van der Waals surface area (Å²) in [5.74, 6) is -0.957. The molecule has 3 nitrogen and oxygen atoms in total. The molecular weight excluding hydrogens is 214 g/mol. The first kappa shape index (κ1) is 9.63. The summed E-state index contributed by atoms with van der Waals surface area (Å²) >= 11 is 5.64. The zero-order valence-electron chi connectivity index (χ0n) is 7.45. The van der Waals surface area contributed by atoms with E-state index >= 15 is 0 Å². The second-order valence-electron chi connectivity index (χ2n) is 3.00. The highest BCUT2D eigenvalue weighted by Gasteiger charge is 2.30. The topological polar surface area (TPSA) is 57.9 Å². The molecule has 0 heterocycles. The van der Waals surface area contributed by atoms with Gasteiger partial charge in [-0.25, -0.2) is 0 Å². The van der Waals surface area contributed by atoms with E-state index in [0.717, 1.165) is 0 Å². The molecule has 0 fully saturated rings. The van der Waals surface area contributed by atoms with Crippen molar-refractivity contribution in [2.45, 2.75) is 0 Å². The van der Waals surface area contributed by atoms with Crippen molar-refractivity contribution in [3.8, 4) is 6.07 Å². The largest absolute Gasteiger partial charge is 0.288 e. The van der Waals surface area contributed by atoms with Gasteiger partial charge in [-0.2, -0.15) is 5.26 Å². The van der Waals surface area contributed by atoms with Crippen molar-refractivity contribution in [3.63, 3.8) is 0 Å². The number of rotatable bonds is 0. The number of Topliss-reactive ketones (excluding diaryl/α,β-unsaturated/α-hetero) is 2. The van der Waals surface area contributed by atoms with Crippen molar-refractivity contribution < 1.29 is 9.59 Å². The first-order chi connectivity index (χ1) is 7.16. The van der Waals surface area contributed by atoms with Gasteiger partial charge in [0.15, 0.2) is 0 Å². The summed E-state index contributed by atoms with van der Waals surface area (Å²) in [5, 5.41) is 8.42. The van der Waals surface area contributed by atoms with E-state index < -0.39 is 11.6 Å². The number of hydrogen-bond donors (Lipinski definition) is 0. The predicted molar refractivity (Wildman–Crippen MR) is 53.6 cm³/mol. The molecule has 0 radical (unpaired) electrons. The molecule has 1 aromatic carbocycles. The highest BCUT2D eigenvalue weighted by atomic mass is 35.5. The van der Waals surface area contributed by atoms with Crippen LogP contribution in [0.3, 0.4) is 0 Å². The molecule has 0 amide bonds. The minimum atomic E-state index is -0.488. The van der Waals surface area contributed by atoms with Gasteiger partial charge in [-0.3, -0.25) is 9.59 Å². The van der Waals surface area contributed by atoms with Crippen LogP contribution in [0.4, 0.5) is 0 Å². The Morgan fingerprint density at radius 2 is 1.60 bits per heavy atom. The second kappa shape index (κ2) is 3.34. The van der Waals surface area contributed by atoms with Crippen molar-refractivity contribution in [1.29, 1.82) is 5.26 Å². The van der Waals surface area contributed by atoms with Gasteiger partial charge in [0, 0.05) is 11.1 Å². The van der Waals surface area contributed by atoms with Crippen molar-refractivity contribution in [3.05, 3.63) is 46.0 Å². The third kappa shape index (κ3) is 1.27. The number of ketones is 2. The Balaban J connectivity index is 2.75. The van der Waals surface area contributed by atoms with E-state index in [1.54, 1.807) is 18.2 Å². The normalized spacial score (nSPS) is 14.9. The molecule has 0 unspecified atom stereocenters. The maximum absolute atomic E-state index is 11.7. The van der Waals surface area contributed by atoms with Crippen LogP contribution in [0.25, 0.3) is 0 Å². The number of halogens is 1. The van der Waals surface area contributed by atoms with Crippen molar-refractivity contribution in [2.75, 3.05) is 0 Å². The molecule has 0 aromatic heterocycles. The highest BCUT2D eigenvalue weighted by Crippen LogP contribution is 2.27. The molecular formula is C11H4ClNO2. The number of carbonyl (C=O) groups excluding carboxylic acids is 2. The fraction of sp³-hybridized carbons (Fsp3) is 0. The third-order valence-corrected chi connectivity index (χ3v) is 2.53. The summed E-state index contributed by atoms with van der Waals surface area (Å²) in [6.45, 7) is 0. The number of carbonyl (C=O) groups is 2. The first-order valence-electron chi connectivity index (χ1n) is 4.15. The summed E-state index contributed by atoms with van der Waals surface area (Å²) in [6.07, 6.45) is 0. The minimum Gasteiger partial charge on any atom is -0.288 e. The van der Waals surface area contributed by atoms with E-state index in [-0.39, 0.29) is 21.7 Å². The fourth-order valence-corrected chi connectivity index (χ4v) is 1.67. The highest BCUT2D eigenvalue weighted by molar-refractivity contribution is 6.50. The van der Waals surface area contributed by atoms with Gasteiger partial charge in [-0.15, -0.1) is 0 Å². The van der Waals surface area contributed by atoms with Crippen LogP contribution in [0.15, 0.2) is 34.9 Å². The number of allylic oxidation sites excluding steroid dienone is 2. The Kier molecular flexibility index (Phi) is 2.14. The minimum absolute atomic E-state index is 0.239. The first-order valence-corrected chi connectivity index (χ1v) is 4.53. The lowest BCUT2D eigenvalue weighted by atomic mass is 9.90. The molecule has 0 saturated carbocycles. The van der Waals surface area contributed by atoms with Crippen molar-refractivity contribution >= 4 is 23.2 Å². The zero-order chi connectivity index (χ0) is 11.0. The molecule has 0 saturated heterocycles. The number of benzene rings is 1. The SMILES string of the molecule is N#CC1=C(Cl)C(=O)c2ccccc2C1=O. The molecule has 1 aliphatic carbocycles. The number of hydrogen-bond acceptors (Lipinski definition) is 3. The Morgan fingerprint density at radius 1 is 1.07 bits per heavy atom. The van der Waals surface area contributed by atoms with Crippen molar-refractivity contribution in [1.82, 2.24) is 0 Å². The van der Waals surface area contributed by atoms with Crippen LogP contribution in [-0.4, -0.2) is 11.6 Å². The maximum Gasteiger partial charge on any atom is 0.206 e. The van der Waals surface area contributed by atoms with E-state index in [0.29, 0.717) is 0 Å². The number of nitrogens with zero attached hydrogens (tertiary/aromatic N) is 1. The van der Waals surface area contributed by atoms with Gasteiger partial charge in [0.2, 0.25) is 11.6 Å². The summed E-state index contributed by atoms with van der Waals surface area (Å²) in [4.78, 5) is 23.3. The van der Waals surface area contributed by atoms with Crippen LogP contribution in [-0.2, 0) is 0 Å². The summed E-state index contributed by atoms with van der Waals surface area (Å²) < 4.78 is 0.